The zero-order valence-corrected chi connectivity index (χ0v) is 22.0. The van der Waals surface area contributed by atoms with Crippen molar-refractivity contribution in [1.29, 1.82) is 0 Å². The summed E-state index contributed by atoms with van der Waals surface area (Å²) in [5.41, 5.74) is 3.23. The molecular weight excluding hydrogens is 526 g/mol. The van der Waals surface area contributed by atoms with E-state index in [-0.39, 0.29) is 16.9 Å². The lowest BCUT2D eigenvalue weighted by Gasteiger charge is -2.26. The molecule has 3 N–H and O–H groups in total. The van der Waals surface area contributed by atoms with Crippen molar-refractivity contribution in [3.8, 4) is 0 Å². The van der Waals surface area contributed by atoms with Gasteiger partial charge in [-0.1, -0.05) is 30.8 Å². The minimum Gasteiger partial charge on any atom is -0.362 e. The molecule has 3 aromatic carbocycles. The minimum absolute atomic E-state index is 0.0921. The van der Waals surface area contributed by atoms with Crippen LogP contribution < -0.4 is 20.3 Å². The highest BCUT2D eigenvalue weighted by molar-refractivity contribution is 7.90. The number of benzene rings is 3. The van der Waals surface area contributed by atoms with Gasteiger partial charge in [-0.05, 0) is 60.0 Å². The number of anilines is 1. The molecular formula is C28H26F2N4O4S. The average Bonchev–Trinajstić information content (AvgIpc) is 2.86. The number of fused-ring (bicyclic) bond motifs is 1. The number of amides is 3. The van der Waals surface area contributed by atoms with Crippen molar-refractivity contribution in [3.05, 3.63) is 107 Å². The molecule has 3 amide bonds. The van der Waals surface area contributed by atoms with Gasteiger partial charge < -0.3 is 15.5 Å². The molecule has 8 nitrogen and oxygen atoms in total. The van der Waals surface area contributed by atoms with E-state index in [1.807, 2.05) is 10.8 Å². The molecule has 0 saturated heterocycles. The van der Waals surface area contributed by atoms with E-state index < -0.39 is 39.6 Å². The second kappa shape index (κ2) is 11.1. The summed E-state index contributed by atoms with van der Waals surface area (Å²) in [6.45, 7) is 5.53. The Balaban J connectivity index is 1.61. The number of hydrogen-bond donors (Lipinski definition) is 3. The summed E-state index contributed by atoms with van der Waals surface area (Å²) in [7, 11) is -2.79. The smallest absolute Gasteiger partial charge is 0.329 e. The fourth-order valence-corrected chi connectivity index (χ4v) is 5.38. The summed E-state index contributed by atoms with van der Waals surface area (Å²) >= 11 is 0. The number of carbonyl (C=O) groups is 2. The molecule has 39 heavy (non-hydrogen) atoms. The maximum absolute atomic E-state index is 13.9. The summed E-state index contributed by atoms with van der Waals surface area (Å²) in [4.78, 5) is 27.6. The summed E-state index contributed by atoms with van der Waals surface area (Å²) in [6, 6.07) is 11.5. The molecule has 0 unspecified atom stereocenters. The monoisotopic (exact) mass is 552 g/mol. The van der Waals surface area contributed by atoms with Crippen LogP contribution >= 0.6 is 0 Å². The third kappa shape index (κ3) is 6.32. The number of hydrogen-bond acceptors (Lipinski definition) is 5. The van der Waals surface area contributed by atoms with Crippen molar-refractivity contribution in [2.24, 2.45) is 0 Å². The Morgan fingerprint density at radius 2 is 1.74 bits per heavy atom. The Hall–Kier alpha value is -4.51. The van der Waals surface area contributed by atoms with Crippen molar-refractivity contribution >= 4 is 39.4 Å². The van der Waals surface area contributed by atoms with Crippen LogP contribution in [0.15, 0.2) is 78.3 Å². The van der Waals surface area contributed by atoms with Gasteiger partial charge in [-0.25, -0.2) is 26.7 Å². The van der Waals surface area contributed by atoms with Gasteiger partial charge in [-0.3, -0.25) is 4.79 Å². The maximum atomic E-state index is 13.9. The molecule has 1 aliphatic heterocycles. The number of carbonyl (C=O) groups excluding carboxylic acids is 2. The van der Waals surface area contributed by atoms with E-state index in [1.54, 1.807) is 43.5 Å². The third-order valence-corrected chi connectivity index (χ3v) is 7.67. The van der Waals surface area contributed by atoms with E-state index in [9.17, 15) is 26.8 Å². The number of aryl methyl sites for hydroxylation is 1. The largest absolute Gasteiger partial charge is 0.362 e. The molecule has 0 aliphatic carbocycles. The predicted octanol–water partition coefficient (Wildman–Crippen LogP) is 4.08. The van der Waals surface area contributed by atoms with Gasteiger partial charge in [0.05, 0.1) is 4.90 Å². The van der Waals surface area contributed by atoms with Gasteiger partial charge in [-0.2, -0.15) is 0 Å². The lowest BCUT2D eigenvalue weighted by atomic mass is 10.0. The molecule has 1 aliphatic rings. The number of nitrogens with one attached hydrogen (secondary N) is 3. The van der Waals surface area contributed by atoms with Crippen LogP contribution in [-0.2, 0) is 21.2 Å². The zero-order valence-electron chi connectivity index (χ0n) is 21.2. The van der Waals surface area contributed by atoms with Gasteiger partial charge in [0.15, 0.2) is 0 Å². The fraction of sp³-hybridized carbons (Fsp3) is 0.143. The Kier molecular flexibility index (Phi) is 7.82. The molecule has 0 spiro atoms. The number of halogens is 2. The van der Waals surface area contributed by atoms with Gasteiger partial charge >= 0.3 is 6.03 Å². The number of rotatable bonds is 7. The van der Waals surface area contributed by atoms with E-state index in [0.29, 0.717) is 23.0 Å². The quantitative estimate of drug-likeness (QED) is 0.410. The topological polar surface area (TPSA) is 108 Å². The molecule has 1 atom stereocenters. The van der Waals surface area contributed by atoms with Crippen LogP contribution in [0.5, 0.6) is 0 Å². The Bertz CT molecular complexity index is 1580. The molecule has 1 heterocycles. The molecule has 3 aromatic rings. The summed E-state index contributed by atoms with van der Waals surface area (Å²) in [5.74, 6) is -2.36. The Morgan fingerprint density at radius 1 is 1.05 bits per heavy atom. The lowest BCUT2D eigenvalue weighted by Crippen LogP contribution is -2.52. The predicted molar refractivity (Wildman–Crippen MR) is 145 cm³/mol. The van der Waals surface area contributed by atoms with Gasteiger partial charge in [-0.15, -0.1) is 0 Å². The molecule has 11 heteroatoms. The minimum atomic E-state index is -4.27. The van der Waals surface area contributed by atoms with Crippen molar-refractivity contribution in [3.63, 3.8) is 0 Å². The molecule has 0 aromatic heterocycles. The van der Waals surface area contributed by atoms with Crippen LogP contribution in [0.2, 0.25) is 0 Å². The molecule has 0 saturated carbocycles. The standard InChI is InChI=1S/C28H26F2N4O4S/c1-17-6-4-5-7-26(17)39(37,38)33-28(36)32-25(14-19-12-21(29)15-22(30)13-19)27(35)34(3)23-9-8-20-10-11-31-18(2)24(20)16-23/h4-13,15-16,25,31H,2,14H2,1,3H3,(H2,32,33,36)/t25-/m0/s1. The maximum Gasteiger partial charge on any atom is 0.329 e. The van der Waals surface area contributed by atoms with Crippen molar-refractivity contribution in [2.45, 2.75) is 24.3 Å². The summed E-state index contributed by atoms with van der Waals surface area (Å²) in [6.07, 6.45) is 3.27. The van der Waals surface area contributed by atoms with E-state index in [0.717, 1.165) is 23.3 Å². The number of sulfonamides is 1. The van der Waals surface area contributed by atoms with Gasteiger partial charge in [0.25, 0.3) is 10.0 Å². The molecule has 4 rings (SSSR count). The Morgan fingerprint density at radius 3 is 2.44 bits per heavy atom. The first kappa shape index (κ1) is 27.5. The summed E-state index contributed by atoms with van der Waals surface area (Å²) in [5, 5.41) is 5.36. The first-order valence-electron chi connectivity index (χ1n) is 11.8. The molecule has 0 fully saturated rings. The van der Waals surface area contributed by atoms with Crippen LogP contribution in [0.1, 0.15) is 22.3 Å². The molecule has 0 bridgehead atoms. The second-order valence-corrected chi connectivity index (χ2v) is 10.7. The van der Waals surface area contributed by atoms with Gasteiger partial charge in [0.2, 0.25) is 5.91 Å². The second-order valence-electron chi connectivity index (χ2n) is 9.00. The lowest BCUT2D eigenvalue weighted by molar-refractivity contribution is -0.120. The van der Waals surface area contributed by atoms with Crippen molar-refractivity contribution in [1.82, 2.24) is 15.4 Å². The molecule has 202 valence electrons. The zero-order chi connectivity index (χ0) is 28.3. The summed E-state index contributed by atoms with van der Waals surface area (Å²) < 4.78 is 55.3. The van der Waals surface area contributed by atoms with Crippen LogP contribution in [0.3, 0.4) is 0 Å². The Labute approximate surface area is 225 Å². The van der Waals surface area contributed by atoms with E-state index in [1.165, 1.54) is 24.1 Å². The first-order valence-corrected chi connectivity index (χ1v) is 13.3. The average molecular weight is 553 g/mol. The van der Waals surface area contributed by atoms with E-state index in [4.69, 9.17) is 0 Å². The van der Waals surface area contributed by atoms with Gasteiger partial charge in [0, 0.05) is 42.7 Å². The first-order chi connectivity index (χ1) is 18.4. The normalized spacial score (nSPS) is 13.2. The van der Waals surface area contributed by atoms with Crippen LogP contribution in [0.4, 0.5) is 19.3 Å². The highest BCUT2D eigenvalue weighted by atomic mass is 32.2. The van der Waals surface area contributed by atoms with E-state index >= 15 is 0 Å². The third-order valence-electron chi connectivity index (χ3n) is 6.18. The van der Waals surface area contributed by atoms with Crippen LogP contribution in [0, 0.1) is 18.6 Å². The highest BCUT2D eigenvalue weighted by Crippen LogP contribution is 2.27. The fourth-order valence-electron chi connectivity index (χ4n) is 4.22. The van der Waals surface area contributed by atoms with E-state index in [2.05, 4.69) is 17.2 Å². The molecule has 0 radical (unpaired) electrons. The van der Waals surface area contributed by atoms with Gasteiger partial charge in [0.1, 0.15) is 17.7 Å². The van der Waals surface area contributed by atoms with Crippen LogP contribution in [0.25, 0.3) is 11.8 Å². The highest BCUT2D eigenvalue weighted by Gasteiger charge is 2.28. The SMILES string of the molecule is C=C1NC=Cc2ccc(N(C)C(=O)[C@H](Cc3cc(F)cc(F)c3)NC(=O)NS(=O)(=O)c3ccccc3C)cc21. The number of urea groups is 1. The van der Waals surface area contributed by atoms with Crippen molar-refractivity contribution in [2.75, 3.05) is 11.9 Å². The van der Waals surface area contributed by atoms with Crippen molar-refractivity contribution < 1.29 is 26.8 Å². The number of nitrogens with zero attached hydrogens (tertiary/aromatic N) is 1. The number of likely N-dealkylation sites (N-methyl/N-ethyl adjacent to an activating group) is 1. The van der Waals surface area contributed by atoms with Crippen LogP contribution in [-0.4, -0.2) is 33.4 Å².